The van der Waals surface area contributed by atoms with Crippen LogP contribution in [0.25, 0.3) is 0 Å². The molecule has 4 heteroatoms. The van der Waals surface area contributed by atoms with Gasteiger partial charge in [-0.05, 0) is 42.3 Å². The lowest BCUT2D eigenvalue weighted by molar-refractivity contribution is 0.317. The fraction of sp³-hybridized carbons (Fsp3) is 0.267. The standard InChI is InChI=1S/C15H17FN2O/c1-2-7-19-15-5-3-14(4-6-15)18-10-12-8-13(16)11-17-9-12/h3-6,8-9,11,18H,2,7,10H2,1H3. The minimum absolute atomic E-state index is 0.317. The van der Waals surface area contributed by atoms with E-state index < -0.39 is 0 Å². The van der Waals surface area contributed by atoms with Gasteiger partial charge in [-0.2, -0.15) is 0 Å². The number of rotatable bonds is 6. The molecule has 0 atom stereocenters. The van der Waals surface area contributed by atoms with E-state index >= 15 is 0 Å². The van der Waals surface area contributed by atoms with Crippen molar-refractivity contribution < 1.29 is 9.13 Å². The molecule has 2 aromatic rings. The lowest BCUT2D eigenvalue weighted by Crippen LogP contribution is -2.00. The summed E-state index contributed by atoms with van der Waals surface area (Å²) in [6, 6.07) is 9.19. The van der Waals surface area contributed by atoms with Crippen molar-refractivity contribution in [3.63, 3.8) is 0 Å². The Morgan fingerprint density at radius 2 is 2.00 bits per heavy atom. The van der Waals surface area contributed by atoms with Gasteiger partial charge in [-0.3, -0.25) is 4.98 Å². The summed E-state index contributed by atoms with van der Waals surface area (Å²) in [5.41, 5.74) is 1.78. The van der Waals surface area contributed by atoms with Crippen molar-refractivity contribution in [2.75, 3.05) is 11.9 Å². The number of halogens is 1. The quantitative estimate of drug-likeness (QED) is 0.861. The Hall–Kier alpha value is -2.10. The minimum atomic E-state index is -0.317. The predicted molar refractivity (Wildman–Crippen MR) is 73.7 cm³/mol. The molecular formula is C15H17FN2O. The van der Waals surface area contributed by atoms with E-state index in [-0.39, 0.29) is 5.82 Å². The molecule has 0 aliphatic rings. The summed E-state index contributed by atoms with van der Waals surface area (Å²) in [6.45, 7) is 3.34. The van der Waals surface area contributed by atoms with E-state index in [4.69, 9.17) is 4.74 Å². The number of ether oxygens (including phenoxy) is 1. The van der Waals surface area contributed by atoms with Crippen LogP contribution in [0, 0.1) is 5.82 Å². The van der Waals surface area contributed by atoms with Crippen LogP contribution in [0.1, 0.15) is 18.9 Å². The van der Waals surface area contributed by atoms with Crippen LogP contribution in [0.3, 0.4) is 0 Å². The number of hydrogen-bond acceptors (Lipinski definition) is 3. The van der Waals surface area contributed by atoms with Crippen molar-refractivity contribution in [2.24, 2.45) is 0 Å². The second kappa shape index (κ2) is 6.73. The molecule has 0 amide bonds. The zero-order valence-corrected chi connectivity index (χ0v) is 10.9. The van der Waals surface area contributed by atoms with Gasteiger partial charge in [0.25, 0.3) is 0 Å². The highest BCUT2D eigenvalue weighted by molar-refractivity contribution is 5.46. The van der Waals surface area contributed by atoms with Gasteiger partial charge in [-0.25, -0.2) is 4.39 Å². The zero-order valence-electron chi connectivity index (χ0n) is 10.9. The fourth-order valence-corrected chi connectivity index (χ4v) is 1.65. The van der Waals surface area contributed by atoms with Crippen LogP contribution in [0.2, 0.25) is 0 Å². The lowest BCUT2D eigenvalue weighted by Gasteiger charge is -2.08. The average Bonchev–Trinajstić information content (AvgIpc) is 2.44. The number of nitrogens with zero attached hydrogens (tertiary/aromatic N) is 1. The van der Waals surface area contributed by atoms with E-state index in [2.05, 4.69) is 17.2 Å². The molecule has 0 bridgehead atoms. The number of aromatic nitrogens is 1. The van der Waals surface area contributed by atoms with Gasteiger partial charge in [0.2, 0.25) is 0 Å². The van der Waals surface area contributed by atoms with E-state index in [0.29, 0.717) is 6.54 Å². The van der Waals surface area contributed by atoms with Crippen molar-refractivity contribution in [3.05, 3.63) is 54.1 Å². The monoisotopic (exact) mass is 260 g/mol. The molecule has 1 aromatic carbocycles. The van der Waals surface area contributed by atoms with Crippen molar-refractivity contribution in [1.29, 1.82) is 0 Å². The van der Waals surface area contributed by atoms with Gasteiger partial charge in [-0.15, -0.1) is 0 Å². The molecule has 1 aromatic heterocycles. The van der Waals surface area contributed by atoms with Crippen LogP contribution in [-0.4, -0.2) is 11.6 Å². The first-order chi connectivity index (χ1) is 9.28. The highest BCUT2D eigenvalue weighted by Gasteiger charge is 1.98. The van der Waals surface area contributed by atoms with E-state index in [9.17, 15) is 4.39 Å². The smallest absolute Gasteiger partial charge is 0.141 e. The second-order valence-corrected chi connectivity index (χ2v) is 4.24. The molecule has 0 radical (unpaired) electrons. The molecule has 0 fully saturated rings. The molecule has 1 N–H and O–H groups in total. The molecule has 0 saturated heterocycles. The largest absolute Gasteiger partial charge is 0.494 e. The second-order valence-electron chi connectivity index (χ2n) is 4.24. The van der Waals surface area contributed by atoms with Crippen molar-refractivity contribution in [1.82, 2.24) is 4.98 Å². The molecule has 0 spiro atoms. The summed E-state index contributed by atoms with van der Waals surface area (Å²) < 4.78 is 18.5. The van der Waals surface area contributed by atoms with Crippen molar-refractivity contribution >= 4 is 5.69 Å². The number of benzene rings is 1. The molecule has 0 unspecified atom stereocenters. The maximum atomic E-state index is 13.0. The van der Waals surface area contributed by atoms with Crippen LogP contribution in [-0.2, 0) is 6.54 Å². The summed E-state index contributed by atoms with van der Waals surface area (Å²) in [5, 5.41) is 3.21. The number of hydrogen-bond donors (Lipinski definition) is 1. The summed E-state index contributed by atoms with van der Waals surface area (Å²) in [5.74, 6) is 0.544. The van der Waals surface area contributed by atoms with Crippen LogP contribution in [0.4, 0.5) is 10.1 Å². The fourth-order valence-electron chi connectivity index (χ4n) is 1.65. The van der Waals surface area contributed by atoms with Gasteiger partial charge in [-0.1, -0.05) is 6.92 Å². The Balaban J connectivity index is 1.89. The third-order valence-corrected chi connectivity index (χ3v) is 2.59. The first-order valence-corrected chi connectivity index (χ1v) is 6.34. The molecule has 100 valence electrons. The molecule has 3 nitrogen and oxygen atoms in total. The molecule has 0 aliphatic carbocycles. The minimum Gasteiger partial charge on any atom is -0.494 e. The molecule has 0 saturated carbocycles. The summed E-state index contributed by atoms with van der Waals surface area (Å²) in [7, 11) is 0. The topological polar surface area (TPSA) is 34.1 Å². The maximum Gasteiger partial charge on any atom is 0.141 e. The van der Waals surface area contributed by atoms with Gasteiger partial charge >= 0.3 is 0 Å². The lowest BCUT2D eigenvalue weighted by atomic mass is 10.2. The first-order valence-electron chi connectivity index (χ1n) is 6.34. The van der Waals surface area contributed by atoms with Gasteiger partial charge < -0.3 is 10.1 Å². The Labute approximate surface area is 112 Å². The van der Waals surface area contributed by atoms with Crippen LogP contribution in [0.15, 0.2) is 42.7 Å². The highest BCUT2D eigenvalue weighted by Crippen LogP contribution is 2.16. The average molecular weight is 260 g/mol. The molecule has 1 heterocycles. The van der Waals surface area contributed by atoms with Crippen LogP contribution >= 0.6 is 0 Å². The number of pyridine rings is 1. The first kappa shape index (κ1) is 13.3. The Morgan fingerprint density at radius 3 is 2.68 bits per heavy atom. The third kappa shape index (κ3) is 4.25. The van der Waals surface area contributed by atoms with Gasteiger partial charge in [0.05, 0.1) is 12.8 Å². The Morgan fingerprint density at radius 1 is 1.21 bits per heavy atom. The van der Waals surface area contributed by atoms with Crippen LogP contribution in [0.5, 0.6) is 5.75 Å². The third-order valence-electron chi connectivity index (χ3n) is 2.59. The summed E-state index contributed by atoms with van der Waals surface area (Å²) in [6.07, 6.45) is 3.84. The van der Waals surface area contributed by atoms with E-state index in [0.717, 1.165) is 30.0 Å². The van der Waals surface area contributed by atoms with E-state index in [1.165, 1.54) is 12.3 Å². The molecule has 0 aliphatic heterocycles. The molecule has 2 rings (SSSR count). The van der Waals surface area contributed by atoms with Gasteiger partial charge in [0.1, 0.15) is 11.6 Å². The summed E-state index contributed by atoms with van der Waals surface area (Å²) >= 11 is 0. The van der Waals surface area contributed by atoms with Gasteiger partial charge in [0.15, 0.2) is 0 Å². The Bertz CT molecular complexity index is 514. The summed E-state index contributed by atoms with van der Waals surface area (Å²) in [4.78, 5) is 3.81. The normalized spacial score (nSPS) is 10.2. The molecular weight excluding hydrogens is 243 g/mol. The van der Waals surface area contributed by atoms with Crippen molar-refractivity contribution in [3.8, 4) is 5.75 Å². The van der Waals surface area contributed by atoms with E-state index in [1.54, 1.807) is 6.20 Å². The number of anilines is 1. The van der Waals surface area contributed by atoms with Crippen molar-refractivity contribution in [2.45, 2.75) is 19.9 Å². The zero-order chi connectivity index (χ0) is 13.5. The van der Waals surface area contributed by atoms with Gasteiger partial charge in [0, 0.05) is 18.4 Å². The van der Waals surface area contributed by atoms with Crippen LogP contribution < -0.4 is 10.1 Å². The SMILES string of the molecule is CCCOc1ccc(NCc2cncc(F)c2)cc1. The highest BCUT2D eigenvalue weighted by atomic mass is 19.1. The Kier molecular flexibility index (Phi) is 4.72. The van der Waals surface area contributed by atoms with E-state index in [1.807, 2.05) is 24.3 Å². The molecule has 19 heavy (non-hydrogen) atoms. The predicted octanol–water partition coefficient (Wildman–Crippen LogP) is 3.62. The number of nitrogens with one attached hydrogen (secondary N) is 1. The maximum absolute atomic E-state index is 13.0.